The molecule has 3 rings (SSSR count). The molecular formula is C16H13BrO. The number of rotatable bonds is 0. The summed E-state index contributed by atoms with van der Waals surface area (Å²) >= 11 is 3.48. The fraction of sp³-hybridized carbons (Fsp3) is 0.125. The Balaban J connectivity index is 2.25. The maximum atomic E-state index is 9.62. The van der Waals surface area contributed by atoms with Gasteiger partial charge in [-0.3, -0.25) is 0 Å². The van der Waals surface area contributed by atoms with Gasteiger partial charge in [0, 0.05) is 0 Å². The molecule has 0 aliphatic heterocycles. The van der Waals surface area contributed by atoms with Gasteiger partial charge in [-0.15, -0.1) is 0 Å². The molecule has 0 unspecified atom stereocenters. The summed E-state index contributed by atoms with van der Waals surface area (Å²) in [7, 11) is 0. The predicted octanol–water partition coefficient (Wildman–Crippen LogP) is 4.27. The number of phenolic OH excluding ortho intramolecular Hbond substituents is 1. The van der Waals surface area contributed by atoms with E-state index in [1.165, 1.54) is 27.8 Å². The zero-order valence-electron chi connectivity index (χ0n) is 9.86. The zero-order chi connectivity index (χ0) is 12.5. The number of benzene rings is 2. The molecule has 0 spiro atoms. The normalized spacial score (nSPS) is 15.9. The molecule has 0 fully saturated rings. The molecule has 90 valence electrons. The maximum absolute atomic E-state index is 9.62. The molecule has 0 saturated heterocycles. The second kappa shape index (κ2) is 4.62. The summed E-state index contributed by atoms with van der Waals surface area (Å²) in [6.07, 6.45) is 1.97. The molecule has 0 bridgehead atoms. The van der Waals surface area contributed by atoms with Gasteiger partial charge in [0.2, 0.25) is 0 Å². The van der Waals surface area contributed by atoms with E-state index in [1.807, 2.05) is 17.1 Å². The highest BCUT2D eigenvalue weighted by Crippen LogP contribution is 2.35. The van der Waals surface area contributed by atoms with E-state index < -0.39 is 0 Å². The zero-order valence-corrected chi connectivity index (χ0v) is 11.4. The molecular weight excluding hydrogens is 288 g/mol. The van der Waals surface area contributed by atoms with Crippen molar-refractivity contribution in [2.75, 3.05) is 0 Å². The van der Waals surface area contributed by atoms with Gasteiger partial charge in [-0.1, -0.05) is 46.3 Å². The molecule has 1 aliphatic carbocycles. The van der Waals surface area contributed by atoms with Gasteiger partial charge in [0.1, 0.15) is 5.75 Å². The van der Waals surface area contributed by atoms with Crippen molar-refractivity contribution < 1.29 is 5.11 Å². The molecule has 0 heterocycles. The van der Waals surface area contributed by atoms with E-state index in [1.54, 1.807) is 6.07 Å². The fourth-order valence-electron chi connectivity index (χ4n) is 2.58. The Kier molecular flexibility index (Phi) is 2.96. The van der Waals surface area contributed by atoms with E-state index in [2.05, 4.69) is 40.2 Å². The summed E-state index contributed by atoms with van der Waals surface area (Å²) in [6, 6.07) is 14.1. The van der Waals surface area contributed by atoms with Crippen LogP contribution in [0.1, 0.15) is 22.3 Å². The average molecular weight is 301 g/mol. The van der Waals surface area contributed by atoms with Gasteiger partial charge in [0.25, 0.3) is 0 Å². The van der Waals surface area contributed by atoms with Crippen molar-refractivity contribution in [3.8, 4) is 5.75 Å². The minimum absolute atomic E-state index is 0.341. The SMILES string of the molecule is Oc1ccc2c(c1)CCc1ccccc1/C2=C\Br. The van der Waals surface area contributed by atoms with Crippen LogP contribution in [0.5, 0.6) is 5.75 Å². The van der Waals surface area contributed by atoms with E-state index >= 15 is 0 Å². The molecule has 0 atom stereocenters. The lowest BCUT2D eigenvalue weighted by molar-refractivity contribution is 0.474. The second-order valence-electron chi connectivity index (χ2n) is 4.52. The third-order valence-electron chi connectivity index (χ3n) is 3.46. The number of halogens is 1. The topological polar surface area (TPSA) is 20.2 Å². The van der Waals surface area contributed by atoms with Gasteiger partial charge < -0.3 is 5.11 Å². The Bertz CT molecular complexity index is 629. The maximum Gasteiger partial charge on any atom is 0.115 e. The van der Waals surface area contributed by atoms with Gasteiger partial charge in [-0.25, -0.2) is 0 Å². The van der Waals surface area contributed by atoms with Crippen molar-refractivity contribution in [1.29, 1.82) is 0 Å². The lowest BCUT2D eigenvalue weighted by Gasteiger charge is -2.10. The van der Waals surface area contributed by atoms with Crippen molar-refractivity contribution in [3.05, 3.63) is 69.7 Å². The number of hydrogen-bond acceptors (Lipinski definition) is 1. The quantitative estimate of drug-likeness (QED) is 0.770. The Morgan fingerprint density at radius 1 is 0.944 bits per heavy atom. The van der Waals surface area contributed by atoms with Crippen molar-refractivity contribution >= 4 is 21.5 Å². The van der Waals surface area contributed by atoms with Crippen LogP contribution >= 0.6 is 15.9 Å². The van der Waals surface area contributed by atoms with Crippen LogP contribution in [0, 0.1) is 0 Å². The Morgan fingerprint density at radius 3 is 2.50 bits per heavy atom. The highest BCUT2D eigenvalue weighted by Gasteiger charge is 2.17. The van der Waals surface area contributed by atoms with E-state index in [-0.39, 0.29) is 0 Å². The molecule has 0 saturated carbocycles. The smallest absolute Gasteiger partial charge is 0.115 e. The molecule has 0 amide bonds. The van der Waals surface area contributed by atoms with Crippen molar-refractivity contribution in [2.45, 2.75) is 12.8 Å². The Morgan fingerprint density at radius 2 is 1.67 bits per heavy atom. The third kappa shape index (κ3) is 1.87. The molecule has 2 aromatic carbocycles. The average Bonchev–Trinajstić information content (AvgIpc) is 2.55. The van der Waals surface area contributed by atoms with Gasteiger partial charge in [0.15, 0.2) is 0 Å². The van der Waals surface area contributed by atoms with Crippen LogP contribution in [0.25, 0.3) is 5.57 Å². The van der Waals surface area contributed by atoms with Gasteiger partial charge in [-0.2, -0.15) is 0 Å². The van der Waals surface area contributed by atoms with E-state index in [4.69, 9.17) is 0 Å². The lowest BCUT2D eigenvalue weighted by atomic mass is 9.95. The molecule has 1 nitrogen and oxygen atoms in total. The number of hydrogen-bond donors (Lipinski definition) is 1. The van der Waals surface area contributed by atoms with Crippen LogP contribution in [-0.2, 0) is 12.8 Å². The van der Waals surface area contributed by atoms with Crippen LogP contribution in [0.2, 0.25) is 0 Å². The Hall–Kier alpha value is -1.54. The largest absolute Gasteiger partial charge is 0.508 e. The van der Waals surface area contributed by atoms with E-state index in [0.29, 0.717) is 5.75 Å². The molecule has 2 heteroatoms. The van der Waals surface area contributed by atoms with E-state index in [9.17, 15) is 5.11 Å². The van der Waals surface area contributed by atoms with E-state index in [0.717, 1.165) is 12.8 Å². The summed E-state index contributed by atoms with van der Waals surface area (Å²) in [6.45, 7) is 0. The number of aromatic hydroxyl groups is 1. The summed E-state index contributed by atoms with van der Waals surface area (Å²) < 4.78 is 0. The van der Waals surface area contributed by atoms with Crippen LogP contribution in [0.4, 0.5) is 0 Å². The molecule has 0 radical (unpaired) electrons. The predicted molar refractivity (Wildman–Crippen MR) is 78.0 cm³/mol. The van der Waals surface area contributed by atoms with Crippen LogP contribution < -0.4 is 0 Å². The monoisotopic (exact) mass is 300 g/mol. The minimum Gasteiger partial charge on any atom is -0.508 e. The van der Waals surface area contributed by atoms with Gasteiger partial charge >= 0.3 is 0 Å². The van der Waals surface area contributed by atoms with Crippen molar-refractivity contribution in [3.63, 3.8) is 0 Å². The summed E-state index contributed by atoms with van der Waals surface area (Å²) in [4.78, 5) is 1.98. The van der Waals surface area contributed by atoms with Crippen molar-refractivity contribution in [1.82, 2.24) is 0 Å². The Labute approximate surface area is 115 Å². The summed E-state index contributed by atoms with van der Waals surface area (Å²) in [5.41, 5.74) is 6.24. The number of fused-ring (bicyclic) bond motifs is 2. The molecule has 1 aliphatic rings. The van der Waals surface area contributed by atoms with Crippen LogP contribution in [-0.4, -0.2) is 5.11 Å². The number of aryl methyl sites for hydroxylation is 2. The summed E-state index contributed by atoms with van der Waals surface area (Å²) in [5.74, 6) is 0.341. The fourth-order valence-corrected chi connectivity index (χ4v) is 3.08. The third-order valence-corrected chi connectivity index (χ3v) is 3.92. The van der Waals surface area contributed by atoms with Gasteiger partial charge in [-0.05, 0) is 57.8 Å². The molecule has 2 aromatic rings. The lowest BCUT2D eigenvalue weighted by Crippen LogP contribution is -1.91. The summed E-state index contributed by atoms with van der Waals surface area (Å²) in [5, 5.41) is 9.62. The van der Waals surface area contributed by atoms with Gasteiger partial charge in [0.05, 0.1) is 0 Å². The highest BCUT2D eigenvalue weighted by molar-refractivity contribution is 9.11. The highest BCUT2D eigenvalue weighted by atomic mass is 79.9. The van der Waals surface area contributed by atoms with Crippen LogP contribution in [0.15, 0.2) is 47.4 Å². The van der Waals surface area contributed by atoms with Crippen LogP contribution in [0.3, 0.4) is 0 Å². The molecule has 0 aromatic heterocycles. The second-order valence-corrected chi connectivity index (χ2v) is 4.98. The first-order valence-corrected chi connectivity index (χ1v) is 6.92. The first-order valence-electron chi connectivity index (χ1n) is 6.00. The number of phenols is 1. The molecule has 18 heavy (non-hydrogen) atoms. The first-order chi connectivity index (χ1) is 8.79. The minimum atomic E-state index is 0.341. The standard InChI is InChI=1S/C16H13BrO/c17-10-16-14-4-2-1-3-11(14)5-6-12-9-13(18)7-8-15(12)16/h1-4,7-10,18H,5-6H2/b16-10+. The van der Waals surface area contributed by atoms with Crippen molar-refractivity contribution in [2.24, 2.45) is 0 Å². The molecule has 1 N–H and O–H groups in total. The first kappa shape index (κ1) is 11.5.